The van der Waals surface area contributed by atoms with Gasteiger partial charge in [0.25, 0.3) is 0 Å². The van der Waals surface area contributed by atoms with Crippen molar-refractivity contribution in [3.05, 3.63) is 0 Å². The summed E-state index contributed by atoms with van der Waals surface area (Å²) in [6, 6.07) is -1.52. The third kappa shape index (κ3) is 4.44. The third-order valence-electron chi connectivity index (χ3n) is 5.09. The number of carbonyl (C=O) groups is 4. The van der Waals surface area contributed by atoms with Crippen molar-refractivity contribution in [3.8, 4) is 0 Å². The summed E-state index contributed by atoms with van der Waals surface area (Å²) in [6.45, 7) is 7.35. The summed E-state index contributed by atoms with van der Waals surface area (Å²) in [5, 5.41) is 21.8. The summed E-state index contributed by atoms with van der Waals surface area (Å²) < 4.78 is -0.842. The van der Waals surface area contributed by atoms with Crippen LogP contribution in [0, 0.1) is 0 Å². The molecule has 0 aromatic heterocycles. The third-order valence-corrected chi connectivity index (χ3v) is 8.09. The van der Waals surface area contributed by atoms with Crippen molar-refractivity contribution in [2.45, 2.75) is 72.9 Å². The summed E-state index contributed by atoms with van der Waals surface area (Å²) in [7, 11) is 0. The maximum atomic E-state index is 11.1. The van der Waals surface area contributed by atoms with Crippen LogP contribution in [0.4, 0.5) is 0 Å². The molecule has 4 rings (SSSR count). The van der Waals surface area contributed by atoms with Gasteiger partial charge in [0.1, 0.15) is 0 Å². The normalized spacial score (nSPS) is 33.0. The Labute approximate surface area is 216 Å². The maximum Gasteiger partial charge on any atom is 1.00 e. The van der Waals surface area contributed by atoms with E-state index < -0.39 is 33.5 Å². The van der Waals surface area contributed by atoms with Crippen molar-refractivity contribution in [3.63, 3.8) is 0 Å². The second kappa shape index (κ2) is 8.98. The molecule has 8 nitrogen and oxygen atoms in total. The number of rotatable bonds is 2. The van der Waals surface area contributed by atoms with Gasteiger partial charge in [0.05, 0.1) is 47.6 Å². The Bertz CT molecular complexity index is 647. The topological polar surface area (TPSA) is 121 Å². The second-order valence-corrected chi connectivity index (χ2v) is 11.5. The second-order valence-electron chi connectivity index (χ2n) is 7.81. The Hall–Kier alpha value is 0.580. The van der Waals surface area contributed by atoms with Gasteiger partial charge in [-0.2, -0.15) is 0 Å². The Balaban J connectivity index is 0.000000261. The van der Waals surface area contributed by atoms with Gasteiger partial charge in [-0.05, 0) is 27.7 Å². The summed E-state index contributed by atoms with van der Waals surface area (Å²) >= 11 is 3.08. The van der Waals surface area contributed by atoms with E-state index in [1.807, 2.05) is 27.7 Å². The van der Waals surface area contributed by atoms with Gasteiger partial charge in [0, 0.05) is 9.49 Å². The fourth-order valence-corrected chi connectivity index (χ4v) is 7.15. The SMILES string of the molecule is CC1(C)S[C@@H]2CC(=O)N2[C@H]1C(=O)[O-].CC1(C)S[C@@H]2CC(=O)N2[C@H]1C(=O)[O-].[Na+].[Na+]. The Morgan fingerprint density at radius 2 is 1.11 bits per heavy atom. The van der Waals surface area contributed by atoms with Crippen LogP contribution >= 0.6 is 23.5 Å². The number of thioether (sulfide) groups is 2. The molecular formula is C16H20N2Na2O6S2. The van der Waals surface area contributed by atoms with Crippen LogP contribution in [0.3, 0.4) is 0 Å². The number of carboxylic acid groups (broad SMARTS) is 2. The number of hydrogen-bond donors (Lipinski definition) is 0. The molecule has 4 aliphatic heterocycles. The van der Waals surface area contributed by atoms with Crippen molar-refractivity contribution in [2.75, 3.05) is 0 Å². The predicted molar refractivity (Wildman–Crippen MR) is 91.4 cm³/mol. The van der Waals surface area contributed by atoms with E-state index in [1.165, 1.54) is 9.80 Å². The van der Waals surface area contributed by atoms with Crippen molar-refractivity contribution in [1.29, 1.82) is 0 Å². The first-order valence-corrected chi connectivity index (χ1v) is 10.0. The zero-order valence-corrected chi connectivity index (χ0v) is 22.5. The molecule has 4 fully saturated rings. The molecule has 0 saturated carbocycles. The van der Waals surface area contributed by atoms with Gasteiger partial charge >= 0.3 is 59.1 Å². The molecule has 144 valence electrons. The number of nitrogens with zero attached hydrogens (tertiary/aromatic N) is 2. The summed E-state index contributed by atoms with van der Waals surface area (Å²) in [4.78, 5) is 46.8. The Morgan fingerprint density at radius 1 is 0.821 bits per heavy atom. The molecule has 12 heteroatoms. The first-order valence-electron chi connectivity index (χ1n) is 8.26. The molecular weight excluding hydrogens is 426 g/mol. The first kappa shape index (κ1) is 26.6. The minimum absolute atomic E-state index is 0. The van der Waals surface area contributed by atoms with E-state index >= 15 is 0 Å². The van der Waals surface area contributed by atoms with Crippen molar-refractivity contribution >= 4 is 47.3 Å². The van der Waals surface area contributed by atoms with Gasteiger partial charge in [0.15, 0.2) is 0 Å². The number of amides is 2. The van der Waals surface area contributed by atoms with E-state index in [0.29, 0.717) is 12.8 Å². The van der Waals surface area contributed by atoms with Gasteiger partial charge in [-0.25, -0.2) is 0 Å². The number of β-lactam (4-membered cyclic amide) rings is 2. The van der Waals surface area contributed by atoms with Crippen LogP contribution in [0.2, 0.25) is 0 Å². The number of aliphatic carboxylic acids is 2. The molecule has 0 aliphatic carbocycles. The van der Waals surface area contributed by atoms with E-state index in [0.717, 1.165) is 0 Å². The van der Waals surface area contributed by atoms with Crippen LogP contribution in [0.15, 0.2) is 0 Å². The minimum atomic E-state index is -1.15. The van der Waals surface area contributed by atoms with Crippen LogP contribution in [0.25, 0.3) is 0 Å². The quantitative estimate of drug-likeness (QED) is 0.303. The van der Waals surface area contributed by atoms with E-state index in [1.54, 1.807) is 23.5 Å². The fraction of sp³-hybridized carbons (Fsp3) is 0.750. The van der Waals surface area contributed by atoms with Gasteiger partial charge in [-0.3, -0.25) is 9.59 Å². The predicted octanol–water partition coefficient (Wildman–Crippen LogP) is -7.61. The fourth-order valence-electron chi connectivity index (χ4n) is 3.91. The zero-order chi connectivity index (χ0) is 19.6. The molecule has 4 aliphatic rings. The number of fused-ring (bicyclic) bond motifs is 2. The molecule has 0 bridgehead atoms. The number of hydrogen-bond acceptors (Lipinski definition) is 8. The molecule has 2 amide bonds. The molecule has 0 N–H and O–H groups in total. The molecule has 0 unspecified atom stereocenters. The summed E-state index contributed by atoms with van der Waals surface area (Å²) in [5.74, 6) is -2.43. The van der Waals surface area contributed by atoms with E-state index in [4.69, 9.17) is 0 Å². The van der Waals surface area contributed by atoms with Crippen molar-refractivity contribution in [2.24, 2.45) is 0 Å². The molecule has 4 atom stereocenters. The zero-order valence-electron chi connectivity index (χ0n) is 16.9. The van der Waals surface area contributed by atoms with Crippen molar-refractivity contribution < 1.29 is 88.5 Å². The Kier molecular flexibility index (Phi) is 8.54. The Morgan fingerprint density at radius 3 is 1.29 bits per heavy atom. The van der Waals surface area contributed by atoms with Crippen LogP contribution in [0.5, 0.6) is 0 Å². The van der Waals surface area contributed by atoms with E-state index in [2.05, 4.69) is 0 Å². The van der Waals surface area contributed by atoms with Gasteiger partial charge in [0.2, 0.25) is 11.8 Å². The summed E-state index contributed by atoms with van der Waals surface area (Å²) in [5.41, 5.74) is 0. The molecule has 4 heterocycles. The van der Waals surface area contributed by atoms with Crippen LogP contribution in [-0.4, -0.2) is 65.9 Å². The summed E-state index contributed by atoms with van der Waals surface area (Å²) in [6.07, 6.45) is 0.940. The molecule has 0 aromatic carbocycles. The average molecular weight is 446 g/mol. The van der Waals surface area contributed by atoms with Gasteiger partial charge in [-0.1, -0.05) is 0 Å². The number of carboxylic acids is 2. The van der Waals surface area contributed by atoms with E-state index in [9.17, 15) is 29.4 Å². The van der Waals surface area contributed by atoms with Crippen LogP contribution in [0.1, 0.15) is 40.5 Å². The maximum absolute atomic E-state index is 11.1. The number of carbonyl (C=O) groups excluding carboxylic acids is 4. The minimum Gasteiger partial charge on any atom is -0.548 e. The standard InChI is InChI=1S/2C8H11NO3S.2Na/c2*1-8(2)6(7(11)12)9-4(10)3-5(9)13-8;;/h2*5-6H,3H2,1-2H3,(H,11,12);;/q;;2*+1/p-2/t2*5-,6+;;/m11../s1. The molecule has 0 radical (unpaired) electrons. The average Bonchev–Trinajstić information content (AvgIpc) is 2.83. The smallest absolute Gasteiger partial charge is 0.548 e. The molecule has 28 heavy (non-hydrogen) atoms. The molecule has 0 spiro atoms. The van der Waals surface area contributed by atoms with Crippen molar-refractivity contribution in [1.82, 2.24) is 9.80 Å². The monoisotopic (exact) mass is 446 g/mol. The largest absolute Gasteiger partial charge is 1.00 e. The first-order chi connectivity index (χ1) is 11.9. The van der Waals surface area contributed by atoms with Crippen LogP contribution < -0.4 is 69.3 Å². The molecule has 0 aromatic rings. The van der Waals surface area contributed by atoms with Crippen LogP contribution in [-0.2, 0) is 19.2 Å². The van der Waals surface area contributed by atoms with Gasteiger partial charge in [-0.15, -0.1) is 23.5 Å². The molecule has 4 saturated heterocycles. The van der Waals surface area contributed by atoms with Gasteiger partial charge < -0.3 is 29.6 Å². The van der Waals surface area contributed by atoms with E-state index in [-0.39, 0.29) is 81.7 Å².